The van der Waals surface area contributed by atoms with Crippen LogP contribution in [0.15, 0.2) is 6.07 Å². The molecular formula is C15H24N4O. The number of hydrogen-bond acceptors (Lipinski definition) is 4. The van der Waals surface area contributed by atoms with Gasteiger partial charge in [0.2, 0.25) is 5.95 Å². The van der Waals surface area contributed by atoms with Crippen molar-refractivity contribution in [2.24, 2.45) is 0 Å². The number of carbonyl (C=O) groups is 1. The molecule has 0 aliphatic heterocycles. The molecule has 0 radical (unpaired) electrons. The highest BCUT2D eigenvalue weighted by molar-refractivity contribution is 5.92. The minimum absolute atomic E-state index is 0.0815. The summed E-state index contributed by atoms with van der Waals surface area (Å²) in [6.07, 6.45) is 6.85. The molecular weight excluding hydrogens is 252 g/mol. The van der Waals surface area contributed by atoms with Gasteiger partial charge in [0.25, 0.3) is 5.91 Å². The van der Waals surface area contributed by atoms with Crippen LogP contribution in [0.4, 0.5) is 5.95 Å². The molecule has 0 bridgehead atoms. The van der Waals surface area contributed by atoms with Crippen LogP contribution in [0.25, 0.3) is 0 Å². The summed E-state index contributed by atoms with van der Waals surface area (Å²) in [5.74, 6) is 0.461. The lowest BCUT2D eigenvalue weighted by atomic mass is 9.95. The first-order valence-corrected chi connectivity index (χ1v) is 7.59. The van der Waals surface area contributed by atoms with E-state index in [2.05, 4.69) is 27.5 Å². The standard InChI is InChI=1S/C15H24N4O/c1-3-9-16-15-17-11(2)10-13(19-15)14(20)18-12-7-5-4-6-8-12/h10,12H,3-9H2,1-2H3,(H,18,20)(H,16,17,19). The number of carbonyl (C=O) groups excluding carboxylic acids is 1. The van der Waals surface area contributed by atoms with E-state index in [1.807, 2.05) is 6.92 Å². The van der Waals surface area contributed by atoms with Crippen molar-refractivity contribution in [3.05, 3.63) is 17.5 Å². The third-order valence-electron chi connectivity index (χ3n) is 3.56. The number of anilines is 1. The van der Waals surface area contributed by atoms with Crippen molar-refractivity contribution >= 4 is 11.9 Å². The molecule has 1 amide bonds. The van der Waals surface area contributed by atoms with E-state index in [4.69, 9.17) is 0 Å². The Balaban J connectivity index is 2.02. The summed E-state index contributed by atoms with van der Waals surface area (Å²) in [5, 5.41) is 6.22. The molecule has 0 unspecified atom stereocenters. The summed E-state index contributed by atoms with van der Waals surface area (Å²) in [6.45, 7) is 4.78. The monoisotopic (exact) mass is 276 g/mol. The van der Waals surface area contributed by atoms with Crippen molar-refractivity contribution in [3.8, 4) is 0 Å². The second kappa shape index (κ2) is 7.22. The molecule has 2 N–H and O–H groups in total. The smallest absolute Gasteiger partial charge is 0.270 e. The Labute approximate surface area is 120 Å². The van der Waals surface area contributed by atoms with E-state index in [9.17, 15) is 4.79 Å². The topological polar surface area (TPSA) is 66.9 Å². The molecule has 1 heterocycles. The second-order valence-corrected chi connectivity index (χ2v) is 5.45. The zero-order valence-corrected chi connectivity index (χ0v) is 12.4. The molecule has 1 saturated carbocycles. The summed E-state index contributed by atoms with van der Waals surface area (Å²) >= 11 is 0. The number of nitrogens with zero attached hydrogens (tertiary/aromatic N) is 2. The molecule has 0 aromatic carbocycles. The Morgan fingerprint density at radius 2 is 2.05 bits per heavy atom. The van der Waals surface area contributed by atoms with Crippen LogP contribution in [-0.2, 0) is 0 Å². The van der Waals surface area contributed by atoms with Gasteiger partial charge in [0.1, 0.15) is 5.69 Å². The molecule has 5 nitrogen and oxygen atoms in total. The van der Waals surface area contributed by atoms with Gasteiger partial charge < -0.3 is 10.6 Å². The molecule has 20 heavy (non-hydrogen) atoms. The predicted molar refractivity (Wildman–Crippen MR) is 79.9 cm³/mol. The first-order valence-electron chi connectivity index (χ1n) is 7.59. The Hall–Kier alpha value is -1.65. The van der Waals surface area contributed by atoms with Crippen LogP contribution in [0.3, 0.4) is 0 Å². The minimum Gasteiger partial charge on any atom is -0.354 e. The van der Waals surface area contributed by atoms with Gasteiger partial charge in [0.05, 0.1) is 0 Å². The molecule has 1 fully saturated rings. The van der Waals surface area contributed by atoms with Crippen LogP contribution >= 0.6 is 0 Å². The van der Waals surface area contributed by atoms with Gasteiger partial charge in [-0.3, -0.25) is 4.79 Å². The summed E-state index contributed by atoms with van der Waals surface area (Å²) < 4.78 is 0. The molecule has 0 saturated heterocycles. The molecule has 1 aliphatic rings. The lowest BCUT2D eigenvalue weighted by molar-refractivity contribution is 0.0922. The average molecular weight is 276 g/mol. The van der Waals surface area contributed by atoms with E-state index in [-0.39, 0.29) is 5.91 Å². The van der Waals surface area contributed by atoms with Gasteiger partial charge in [0.15, 0.2) is 0 Å². The van der Waals surface area contributed by atoms with Crippen molar-refractivity contribution < 1.29 is 4.79 Å². The summed E-state index contributed by atoms with van der Waals surface area (Å²) in [6, 6.07) is 2.05. The van der Waals surface area contributed by atoms with Crippen LogP contribution in [0, 0.1) is 6.92 Å². The van der Waals surface area contributed by atoms with Crippen LogP contribution in [0.5, 0.6) is 0 Å². The summed E-state index contributed by atoms with van der Waals surface area (Å²) in [5.41, 5.74) is 1.27. The van der Waals surface area contributed by atoms with E-state index >= 15 is 0 Å². The predicted octanol–water partition coefficient (Wildman–Crippen LogP) is 2.67. The van der Waals surface area contributed by atoms with Crippen LogP contribution in [0.1, 0.15) is 61.6 Å². The highest BCUT2D eigenvalue weighted by Crippen LogP contribution is 2.17. The number of amides is 1. The van der Waals surface area contributed by atoms with Crippen molar-refractivity contribution in [1.29, 1.82) is 0 Å². The van der Waals surface area contributed by atoms with Crippen molar-refractivity contribution in [3.63, 3.8) is 0 Å². The van der Waals surface area contributed by atoms with E-state index < -0.39 is 0 Å². The first-order chi connectivity index (χ1) is 9.69. The average Bonchev–Trinajstić information content (AvgIpc) is 2.45. The van der Waals surface area contributed by atoms with Crippen LogP contribution < -0.4 is 10.6 Å². The largest absolute Gasteiger partial charge is 0.354 e. The molecule has 2 rings (SSSR count). The maximum Gasteiger partial charge on any atom is 0.270 e. The molecule has 0 spiro atoms. The Morgan fingerprint density at radius 1 is 1.30 bits per heavy atom. The van der Waals surface area contributed by atoms with Gasteiger partial charge in [-0.15, -0.1) is 0 Å². The van der Waals surface area contributed by atoms with E-state index in [0.29, 0.717) is 17.7 Å². The Morgan fingerprint density at radius 3 is 2.75 bits per heavy atom. The quantitative estimate of drug-likeness (QED) is 0.867. The third-order valence-corrected chi connectivity index (χ3v) is 3.56. The fraction of sp³-hybridized carbons (Fsp3) is 0.667. The first kappa shape index (κ1) is 14.8. The van der Waals surface area contributed by atoms with Gasteiger partial charge in [-0.05, 0) is 32.3 Å². The van der Waals surface area contributed by atoms with Crippen molar-refractivity contribution in [2.75, 3.05) is 11.9 Å². The lowest BCUT2D eigenvalue weighted by Crippen LogP contribution is -2.36. The zero-order chi connectivity index (χ0) is 14.4. The maximum absolute atomic E-state index is 12.3. The zero-order valence-electron chi connectivity index (χ0n) is 12.4. The van der Waals surface area contributed by atoms with Crippen LogP contribution in [0.2, 0.25) is 0 Å². The molecule has 5 heteroatoms. The van der Waals surface area contributed by atoms with Gasteiger partial charge in [-0.2, -0.15) is 0 Å². The van der Waals surface area contributed by atoms with Crippen LogP contribution in [-0.4, -0.2) is 28.5 Å². The lowest BCUT2D eigenvalue weighted by Gasteiger charge is -2.22. The second-order valence-electron chi connectivity index (χ2n) is 5.45. The number of rotatable bonds is 5. The fourth-order valence-electron chi connectivity index (χ4n) is 2.51. The van der Waals surface area contributed by atoms with E-state index in [1.54, 1.807) is 6.07 Å². The minimum atomic E-state index is -0.0815. The van der Waals surface area contributed by atoms with Crippen molar-refractivity contribution in [2.45, 2.75) is 58.4 Å². The van der Waals surface area contributed by atoms with E-state index in [0.717, 1.165) is 31.5 Å². The third kappa shape index (κ3) is 4.18. The van der Waals surface area contributed by atoms with Gasteiger partial charge in [-0.1, -0.05) is 26.2 Å². The van der Waals surface area contributed by atoms with E-state index in [1.165, 1.54) is 19.3 Å². The normalized spacial score (nSPS) is 15.9. The van der Waals surface area contributed by atoms with Crippen molar-refractivity contribution in [1.82, 2.24) is 15.3 Å². The number of nitrogens with one attached hydrogen (secondary N) is 2. The Kier molecular flexibility index (Phi) is 5.32. The molecule has 1 aromatic heterocycles. The Bertz CT molecular complexity index is 455. The number of aryl methyl sites for hydroxylation is 1. The summed E-state index contributed by atoms with van der Waals surface area (Å²) in [7, 11) is 0. The fourth-order valence-corrected chi connectivity index (χ4v) is 2.51. The van der Waals surface area contributed by atoms with Gasteiger partial charge in [-0.25, -0.2) is 9.97 Å². The maximum atomic E-state index is 12.3. The highest BCUT2D eigenvalue weighted by Gasteiger charge is 2.18. The molecule has 0 atom stereocenters. The number of aromatic nitrogens is 2. The highest BCUT2D eigenvalue weighted by atomic mass is 16.1. The molecule has 1 aliphatic carbocycles. The molecule has 1 aromatic rings. The van der Waals surface area contributed by atoms with Gasteiger partial charge in [0, 0.05) is 18.3 Å². The summed E-state index contributed by atoms with van der Waals surface area (Å²) in [4.78, 5) is 20.9. The molecule has 110 valence electrons. The SMILES string of the molecule is CCCNc1nc(C)cc(C(=O)NC2CCCCC2)n1. The number of hydrogen-bond donors (Lipinski definition) is 2. The van der Waals surface area contributed by atoms with Gasteiger partial charge >= 0.3 is 0 Å².